The molecule has 2 heteroatoms. The first-order valence-electron chi connectivity index (χ1n) is 5.34. The molecular formula is C13H18N2. The summed E-state index contributed by atoms with van der Waals surface area (Å²) in [5.41, 5.74) is 4.86. The second-order valence-electron chi connectivity index (χ2n) is 5.31. The van der Waals surface area contributed by atoms with E-state index in [1.54, 1.807) is 0 Å². The van der Waals surface area contributed by atoms with Gasteiger partial charge >= 0.3 is 0 Å². The van der Waals surface area contributed by atoms with Crippen LogP contribution in [0.3, 0.4) is 0 Å². The quantitative estimate of drug-likeness (QED) is 0.641. The van der Waals surface area contributed by atoms with Crippen LogP contribution in [0.25, 0.3) is 5.65 Å². The molecule has 0 unspecified atom stereocenters. The molecule has 0 N–H and O–H groups in total. The number of aromatic nitrogens is 2. The van der Waals surface area contributed by atoms with Crippen LogP contribution >= 0.6 is 0 Å². The molecule has 0 saturated heterocycles. The molecule has 2 nitrogen and oxygen atoms in total. The number of hydrogen-bond acceptors (Lipinski definition) is 1. The topological polar surface area (TPSA) is 17.3 Å². The van der Waals surface area contributed by atoms with Gasteiger partial charge in [0.15, 0.2) is 0 Å². The Morgan fingerprint density at radius 1 is 1.13 bits per heavy atom. The molecular weight excluding hydrogens is 184 g/mol. The normalized spacial score (nSPS) is 12.3. The summed E-state index contributed by atoms with van der Waals surface area (Å²) in [6.45, 7) is 10.8. The fourth-order valence-corrected chi connectivity index (χ4v) is 1.81. The average molecular weight is 202 g/mol. The minimum absolute atomic E-state index is 0.117. The Kier molecular flexibility index (Phi) is 2.10. The molecule has 0 saturated carbocycles. The molecule has 0 amide bonds. The number of fused-ring (bicyclic) bond motifs is 1. The summed E-state index contributed by atoms with van der Waals surface area (Å²) in [6.07, 6.45) is 4.26. The fourth-order valence-electron chi connectivity index (χ4n) is 1.81. The van der Waals surface area contributed by atoms with Crippen LogP contribution in [0, 0.1) is 13.8 Å². The van der Waals surface area contributed by atoms with Gasteiger partial charge in [0, 0.05) is 17.8 Å². The van der Waals surface area contributed by atoms with Crippen molar-refractivity contribution < 1.29 is 0 Å². The minimum atomic E-state index is 0.117. The van der Waals surface area contributed by atoms with Gasteiger partial charge in [-0.05, 0) is 25.0 Å². The van der Waals surface area contributed by atoms with Gasteiger partial charge in [-0.1, -0.05) is 26.8 Å². The Bertz CT molecular complexity index is 501. The van der Waals surface area contributed by atoms with E-state index in [0.29, 0.717) is 0 Å². The van der Waals surface area contributed by atoms with Crippen LogP contribution in [-0.4, -0.2) is 9.38 Å². The first-order chi connectivity index (χ1) is 6.88. The number of hydrogen-bond donors (Lipinski definition) is 0. The van der Waals surface area contributed by atoms with Crippen molar-refractivity contribution in [2.24, 2.45) is 0 Å². The van der Waals surface area contributed by atoms with Gasteiger partial charge in [-0.25, -0.2) is 4.98 Å². The van der Waals surface area contributed by atoms with Crippen LogP contribution in [0.2, 0.25) is 0 Å². The van der Waals surface area contributed by atoms with E-state index in [9.17, 15) is 0 Å². The summed E-state index contributed by atoms with van der Waals surface area (Å²) < 4.78 is 2.13. The second-order valence-corrected chi connectivity index (χ2v) is 5.31. The molecule has 2 heterocycles. The van der Waals surface area contributed by atoms with Crippen molar-refractivity contribution in [3.8, 4) is 0 Å². The highest BCUT2D eigenvalue weighted by molar-refractivity contribution is 5.50. The van der Waals surface area contributed by atoms with Crippen molar-refractivity contribution in [3.63, 3.8) is 0 Å². The fraction of sp³-hybridized carbons (Fsp3) is 0.462. The van der Waals surface area contributed by atoms with E-state index in [1.807, 2.05) is 0 Å². The predicted octanol–water partition coefficient (Wildman–Crippen LogP) is 3.25. The second kappa shape index (κ2) is 3.09. The smallest absolute Gasteiger partial charge is 0.139 e. The van der Waals surface area contributed by atoms with Gasteiger partial charge in [-0.2, -0.15) is 0 Å². The Morgan fingerprint density at radius 3 is 2.40 bits per heavy atom. The number of imidazole rings is 1. The van der Waals surface area contributed by atoms with Gasteiger partial charge < -0.3 is 4.40 Å². The standard InChI is InChI=1S/C13H18N2/c1-9-6-10(2)12-14-11(13(3,4)5)8-15(12)7-9/h6-8H,1-5H3. The molecule has 15 heavy (non-hydrogen) atoms. The maximum absolute atomic E-state index is 4.69. The molecule has 80 valence electrons. The molecule has 0 radical (unpaired) electrons. The van der Waals surface area contributed by atoms with Gasteiger partial charge in [-0.3, -0.25) is 0 Å². The molecule has 0 atom stereocenters. The SMILES string of the molecule is Cc1cc(C)c2nc(C(C)(C)C)cn2c1. The number of aryl methyl sites for hydroxylation is 2. The molecule has 2 rings (SSSR count). The van der Waals surface area contributed by atoms with Gasteiger partial charge in [-0.15, -0.1) is 0 Å². The molecule has 0 aliphatic carbocycles. The molecule has 0 fully saturated rings. The van der Waals surface area contributed by atoms with Gasteiger partial charge in [0.1, 0.15) is 5.65 Å². The largest absolute Gasteiger partial charge is 0.306 e. The van der Waals surface area contributed by atoms with Crippen LogP contribution in [-0.2, 0) is 5.41 Å². The lowest BCUT2D eigenvalue weighted by Gasteiger charge is -2.13. The zero-order chi connectivity index (χ0) is 11.2. The zero-order valence-electron chi connectivity index (χ0n) is 10.1. The first kappa shape index (κ1) is 10.2. The maximum atomic E-state index is 4.69. The van der Waals surface area contributed by atoms with E-state index >= 15 is 0 Å². The third-order valence-corrected chi connectivity index (χ3v) is 2.64. The summed E-state index contributed by atoms with van der Waals surface area (Å²) in [7, 11) is 0. The van der Waals surface area contributed by atoms with Crippen molar-refractivity contribution in [1.29, 1.82) is 0 Å². The Balaban J connectivity index is 2.71. The zero-order valence-corrected chi connectivity index (χ0v) is 10.1. The molecule has 0 aromatic carbocycles. The van der Waals surface area contributed by atoms with Crippen LogP contribution in [0.5, 0.6) is 0 Å². The lowest BCUT2D eigenvalue weighted by atomic mass is 9.93. The molecule has 0 bridgehead atoms. The van der Waals surface area contributed by atoms with E-state index in [4.69, 9.17) is 0 Å². The van der Waals surface area contributed by atoms with Gasteiger partial charge in [0.05, 0.1) is 5.69 Å². The average Bonchev–Trinajstić information content (AvgIpc) is 2.46. The van der Waals surface area contributed by atoms with E-state index in [1.165, 1.54) is 11.1 Å². The van der Waals surface area contributed by atoms with E-state index in [-0.39, 0.29) is 5.41 Å². The highest BCUT2D eigenvalue weighted by Gasteiger charge is 2.17. The lowest BCUT2D eigenvalue weighted by molar-refractivity contribution is 0.573. The summed E-state index contributed by atoms with van der Waals surface area (Å²) in [5.74, 6) is 0. The highest BCUT2D eigenvalue weighted by Crippen LogP contribution is 2.23. The van der Waals surface area contributed by atoms with Crippen molar-refractivity contribution in [3.05, 3.63) is 35.3 Å². The lowest BCUT2D eigenvalue weighted by Crippen LogP contribution is -2.11. The third-order valence-electron chi connectivity index (χ3n) is 2.64. The van der Waals surface area contributed by atoms with Crippen molar-refractivity contribution in [1.82, 2.24) is 9.38 Å². The summed E-state index contributed by atoms with van der Waals surface area (Å²) >= 11 is 0. The Morgan fingerprint density at radius 2 is 1.80 bits per heavy atom. The van der Waals surface area contributed by atoms with E-state index in [0.717, 1.165) is 11.3 Å². The summed E-state index contributed by atoms with van der Waals surface area (Å²) in [5, 5.41) is 0. The molecule has 2 aromatic heterocycles. The van der Waals surface area contributed by atoms with Gasteiger partial charge in [0.2, 0.25) is 0 Å². The van der Waals surface area contributed by atoms with E-state index < -0.39 is 0 Å². The van der Waals surface area contributed by atoms with E-state index in [2.05, 4.69) is 62.5 Å². The molecule has 0 aliphatic rings. The van der Waals surface area contributed by atoms with Crippen LogP contribution in [0.4, 0.5) is 0 Å². The Labute approximate surface area is 91.0 Å². The third kappa shape index (κ3) is 1.76. The first-order valence-corrected chi connectivity index (χ1v) is 5.34. The minimum Gasteiger partial charge on any atom is -0.306 e. The monoisotopic (exact) mass is 202 g/mol. The van der Waals surface area contributed by atoms with Gasteiger partial charge in [0.25, 0.3) is 0 Å². The van der Waals surface area contributed by atoms with Crippen LogP contribution in [0.1, 0.15) is 37.6 Å². The predicted molar refractivity (Wildman–Crippen MR) is 63.4 cm³/mol. The molecule has 2 aromatic rings. The highest BCUT2D eigenvalue weighted by atomic mass is 15.0. The number of rotatable bonds is 0. The van der Waals surface area contributed by atoms with Crippen molar-refractivity contribution >= 4 is 5.65 Å². The number of nitrogens with zero attached hydrogens (tertiary/aromatic N) is 2. The number of pyridine rings is 1. The van der Waals surface area contributed by atoms with Crippen LogP contribution < -0.4 is 0 Å². The molecule has 0 aliphatic heterocycles. The summed E-state index contributed by atoms with van der Waals surface area (Å²) in [6, 6.07) is 2.18. The molecule has 0 spiro atoms. The van der Waals surface area contributed by atoms with Crippen molar-refractivity contribution in [2.75, 3.05) is 0 Å². The van der Waals surface area contributed by atoms with Crippen molar-refractivity contribution in [2.45, 2.75) is 40.0 Å². The summed E-state index contributed by atoms with van der Waals surface area (Å²) in [4.78, 5) is 4.69. The Hall–Kier alpha value is -1.31. The maximum Gasteiger partial charge on any atom is 0.139 e. The van der Waals surface area contributed by atoms with Crippen LogP contribution in [0.15, 0.2) is 18.5 Å².